The maximum atomic E-state index is 13.6. The molecule has 2 aromatic rings. The number of hydrogen-bond donors (Lipinski definition) is 0. The molecule has 26 heavy (non-hydrogen) atoms. The highest BCUT2D eigenvalue weighted by molar-refractivity contribution is 6.33. The third-order valence-electron chi connectivity index (χ3n) is 4.24. The van der Waals surface area contributed by atoms with E-state index in [1.807, 2.05) is 0 Å². The van der Waals surface area contributed by atoms with Crippen molar-refractivity contribution in [2.24, 2.45) is 5.41 Å². The van der Waals surface area contributed by atoms with Crippen LogP contribution in [0, 0.1) is 16.7 Å². The second-order valence-corrected chi connectivity index (χ2v) is 7.05. The first-order valence-electron chi connectivity index (χ1n) is 7.49. The Morgan fingerprint density at radius 1 is 1.27 bits per heavy atom. The first-order valence-corrected chi connectivity index (χ1v) is 8.24. The summed E-state index contributed by atoms with van der Waals surface area (Å²) in [7, 11) is 0. The fourth-order valence-corrected chi connectivity index (χ4v) is 2.85. The number of aromatic nitrogens is 1. The molecule has 0 bridgehead atoms. The van der Waals surface area contributed by atoms with Crippen molar-refractivity contribution in [3.63, 3.8) is 0 Å². The molecule has 9 heteroatoms. The lowest BCUT2D eigenvalue weighted by molar-refractivity contribution is -0.163. The van der Waals surface area contributed by atoms with Crippen LogP contribution < -0.4 is 4.84 Å². The minimum Gasteiger partial charge on any atom is -0.335 e. The van der Waals surface area contributed by atoms with Gasteiger partial charge in [-0.1, -0.05) is 35.3 Å². The van der Waals surface area contributed by atoms with Crippen molar-refractivity contribution in [3.05, 3.63) is 45.6 Å². The van der Waals surface area contributed by atoms with E-state index in [-0.39, 0.29) is 11.3 Å². The van der Waals surface area contributed by atoms with Gasteiger partial charge in [0, 0.05) is 10.6 Å². The summed E-state index contributed by atoms with van der Waals surface area (Å²) in [6.07, 6.45) is -3.90. The molecular weight excluding hydrogens is 392 g/mol. The van der Waals surface area contributed by atoms with Crippen LogP contribution in [0.4, 0.5) is 13.2 Å². The molecule has 1 fully saturated rings. The molecule has 0 atom stereocenters. The highest BCUT2D eigenvalue weighted by atomic mass is 35.5. The van der Waals surface area contributed by atoms with Gasteiger partial charge in [-0.05, 0) is 31.9 Å². The van der Waals surface area contributed by atoms with E-state index in [9.17, 15) is 23.2 Å². The number of alkyl halides is 3. The van der Waals surface area contributed by atoms with Crippen LogP contribution >= 0.6 is 23.2 Å². The summed E-state index contributed by atoms with van der Waals surface area (Å²) in [5, 5.41) is 8.88. The summed E-state index contributed by atoms with van der Waals surface area (Å²) in [4.78, 5) is 17.3. The quantitative estimate of drug-likeness (QED) is 0.716. The lowest BCUT2D eigenvalue weighted by atomic mass is 10.1. The zero-order valence-electron chi connectivity index (χ0n) is 13.3. The largest absolute Gasteiger partial charge is 0.436 e. The van der Waals surface area contributed by atoms with Gasteiger partial charge in [0.15, 0.2) is 5.69 Å². The Bertz CT molecular complexity index is 923. The number of nitrogens with zero attached hydrogens (tertiary/aromatic N) is 2. The van der Waals surface area contributed by atoms with Crippen LogP contribution in [-0.2, 0) is 11.0 Å². The number of nitriles is 1. The van der Waals surface area contributed by atoms with Gasteiger partial charge in [0.05, 0.1) is 10.4 Å². The van der Waals surface area contributed by atoms with E-state index in [2.05, 4.69) is 0 Å². The van der Waals surface area contributed by atoms with E-state index in [4.69, 9.17) is 28.0 Å². The molecule has 0 spiro atoms. The summed E-state index contributed by atoms with van der Waals surface area (Å²) in [6.45, 7) is 1.60. The molecule has 0 unspecified atom stereocenters. The molecule has 1 aromatic carbocycles. The van der Waals surface area contributed by atoms with Gasteiger partial charge in [-0.25, -0.2) is 4.79 Å². The van der Waals surface area contributed by atoms with Crippen molar-refractivity contribution in [2.45, 2.75) is 25.9 Å². The highest BCUT2D eigenvalue weighted by Gasteiger charge is 2.49. The Kier molecular flexibility index (Phi) is 4.45. The predicted octanol–water partition coefficient (Wildman–Crippen LogP) is 5.11. The number of benzene rings is 1. The summed E-state index contributed by atoms with van der Waals surface area (Å²) in [5.74, 6) is -0.811. The van der Waals surface area contributed by atoms with Gasteiger partial charge in [0.1, 0.15) is 17.3 Å². The topological polar surface area (TPSA) is 55.0 Å². The minimum atomic E-state index is -4.93. The number of halogens is 5. The predicted molar refractivity (Wildman–Crippen MR) is 88.5 cm³/mol. The van der Waals surface area contributed by atoms with E-state index in [0.717, 1.165) is 0 Å². The van der Waals surface area contributed by atoms with E-state index in [1.165, 1.54) is 24.3 Å². The van der Waals surface area contributed by atoms with Gasteiger partial charge >= 0.3 is 12.1 Å². The van der Waals surface area contributed by atoms with Crippen LogP contribution in [0.5, 0.6) is 0 Å². The molecule has 0 N–H and O–H groups in total. The van der Waals surface area contributed by atoms with Gasteiger partial charge in [-0.15, -0.1) is 0 Å². The Hall–Kier alpha value is -2.17. The van der Waals surface area contributed by atoms with Crippen LogP contribution in [0.3, 0.4) is 0 Å². The zero-order chi connectivity index (χ0) is 19.3. The van der Waals surface area contributed by atoms with Crippen LogP contribution in [0.1, 0.15) is 31.0 Å². The molecule has 3 rings (SSSR count). The van der Waals surface area contributed by atoms with Crippen molar-refractivity contribution in [3.8, 4) is 17.3 Å². The van der Waals surface area contributed by atoms with Crippen LogP contribution in [0.15, 0.2) is 24.3 Å². The molecule has 0 saturated heterocycles. The first-order chi connectivity index (χ1) is 12.1. The zero-order valence-corrected chi connectivity index (χ0v) is 14.8. The third kappa shape index (κ3) is 3.15. The first kappa shape index (κ1) is 18.6. The Balaban J connectivity index is 2.25. The molecule has 0 aliphatic heterocycles. The fraction of sp³-hybridized carbons (Fsp3) is 0.294. The van der Waals surface area contributed by atoms with Crippen LogP contribution in [0.2, 0.25) is 10.0 Å². The smallest absolute Gasteiger partial charge is 0.335 e. The monoisotopic (exact) mass is 402 g/mol. The summed E-state index contributed by atoms with van der Waals surface area (Å²) in [6, 6.07) is 7.38. The van der Waals surface area contributed by atoms with E-state index < -0.39 is 33.8 Å². The third-order valence-corrected chi connectivity index (χ3v) is 4.86. The van der Waals surface area contributed by atoms with Gasteiger partial charge in [-0.3, -0.25) is 0 Å². The minimum absolute atomic E-state index is 0.206. The molecule has 1 aromatic heterocycles. The average molecular weight is 403 g/mol. The summed E-state index contributed by atoms with van der Waals surface area (Å²) >= 11 is 11.6. The standard InChI is InChI=1S/C17H11Cl2F3N2O2/c1-16(6-7-16)15(25)26-24-13(9-2-4-10(18)5-3-9)11(8-23)12(19)14(24)17(20,21)22/h2-5H,6-7H2,1H3. The normalized spacial score (nSPS) is 15.4. The summed E-state index contributed by atoms with van der Waals surface area (Å²) < 4.78 is 41.0. The maximum Gasteiger partial charge on any atom is 0.436 e. The summed E-state index contributed by atoms with van der Waals surface area (Å²) in [5.41, 5.74) is -2.71. The Morgan fingerprint density at radius 3 is 2.31 bits per heavy atom. The lowest BCUT2D eigenvalue weighted by Gasteiger charge is -2.17. The molecule has 136 valence electrons. The second kappa shape index (κ2) is 6.22. The molecule has 1 heterocycles. The van der Waals surface area contributed by atoms with E-state index in [0.29, 0.717) is 22.6 Å². The van der Waals surface area contributed by atoms with Crippen molar-refractivity contribution in [1.82, 2.24) is 4.73 Å². The Morgan fingerprint density at radius 2 is 1.85 bits per heavy atom. The van der Waals surface area contributed by atoms with Crippen molar-refractivity contribution >= 4 is 29.2 Å². The van der Waals surface area contributed by atoms with E-state index >= 15 is 0 Å². The van der Waals surface area contributed by atoms with Crippen LogP contribution in [-0.4, -0.2) is 10.7 Å². The second-order valence-electron chi connectivity index (χ2n) is 6.24. The Labute approximate surface area is 156 Å². The molecule has 4 nitrogen and oxygen atoms in total. The molecule has 1 aliphatic rings. The number of carbonyl (C=O) groups is 1. The van der Waals surface area contributed by atoms with Gasteiger partial charge in [-0.2, -0.15) is 23.2 Å². The maximum absolute atomic E-state index is 13.6. The molecule has 1 saturated carbocycles. The number of carbonyl (C=O) groups excluding carboxylic acids is 1. The fourth-order valence-electron chi connectivity index (χ4n) is 2.41. The molecule has 0 radical (unpaired) electrons. The van der Waals surface area contributed by atoms with E-state index in [1.54, 1.807) is 13.0 Å². The van der Waals surface area contributed by atoms with Gasteiger partial charge < -0.3 is 4.84 Å². The lowest BCUT2D eigenvalue weighted by Crippen LogP contribution is -2.30. The SMILES string of the molecule is CC1(C(=O)On2c(-c3ccc(Cl)cc3)c(C#N)c(Cl)c2C(F)(F)F)CC1. The van der Waals surface area contributed by atoms with Crippen molar-refractivity contribution in [1.29, 1.82) is 5.26 Å². The molecule has 1 aliphatic carbocycles. The van der Waals surface area contributed by atoms with Crippen molar-refractivity contribution in [2.75, 3.05) is 0 Å². The molecule has 0 amide bonds. The highest BCUT2D eigenvalue weighted by Crippen LogP contribution is 2.47. The van der Waals surface area contributed by atoms with Gasteiger partial charge in [0.2, 0.25) is 0 Å². The van der Waals surface area contributed by atoms with Crippen LogP contribution in [0.25, 0.3) is 11.3 Å². The number of hydrogen-bond acceptors (Lipinski definition) is 3. The van der Waals surface area contributed by atoms with Crippen molar-refractivity contribution < 1.29 is 22.8 Å². The number of rotatable bonds is 3. The van der Waals surface area contributed by atoms with Gasteiger partial charge in [0.25, 0.3) is 0 Å². The molecular formula is C17H11Cl2F3N2O2. The average Bonchev–Trinajstić information content (AvgIpc) is 3.23.